The minimum Gasteiger partial charge on any atom is -0.443 e. The Kier molecular flexibility index (Phi) is 6.50. The highest BCUT2D eigenvalue weighted by molar-refractivity contribution is 7.89. The van der Waals surface area contributed by atoms with E-state index < -0.39 is 33.7 Å². The van der Waals surface area contributed by atoms with Crippen molar-refractivity contribution in [1.29, 1.82) is 5.41 Å². The van der Waals surface area contributed by atoms with Crippen molar-refractivity contribution < 1.29 is 22.7 Å². The summed E-state index contributed by atoms with van der Waals surface area (Å²) < 4.78 is 35.9. The maximum absolute atomic E-state index is 13.8. The summed E-state index contributed by atoms with van der Waals surface area (Å²) in [4.78, 5) is 29.0. The topological polar surface area (TPSA) is 116 Å². The van der Waals surface area contributed by atoms with Crippen molar-refractivity contribution in [2.75, 3.05) is 18.0 Å². The van der Waals surface area contributed by atoms with Crippen LogP contribution in [-0.2, 0) is 28.2 Å². The third-order valence-corrected chi connectivity index (χ3v) is 8.58. The molecule has 1 saturated heterocycles. The summed E-state index contributed by atoms with van der Waals surface area (Å²) in [6, 6.07) is 16.5. The standard InChI is InChI=1S/C28H31N5O5S/c1-28(2,3)38-27(35)33-24(19-9-6-5-7-10-19)18-32(26(33)29)39(36,37)21-12-13-22-20(17-21)14-16-31(22)25(34)23-11-8-15-30(23)4/h5-13,15,17,24,29H,14,16,18H2,1-4H3/t24-/m1/s1. The second kappa shape index (κ2) is 9.57. The zero-order valence-corrected chi connectivity index (χ0v) is 23.1. The molecular weight excluding hydrogens is 518 g/mol. The Bertz CT molecular complexity index is 1560. The molecule has 0 unspecified atom stereocenters. The molecule has 2 aromatic carbocycles. The molecule has 2 aliphatic rings. The number of benzene rings is 2. The van der Waals surface area contributed by atoms with Gasteiger partial charge >= 0.3 is 6.09 Å². The van der Waals surface area contributed by atoms with Crippen LogP contribution < -0.4 is 4.90 Å². The van der Waals surface area contributed by atoms with Crippen LogP contribution >= 0.6 is 0 Å². The summed E-state index contributed by atoms with van der Waals surface area (Å²) in [5.74, 6) is -0.629. The highest BCUT2D eigenvalue weighted by Crippen LogP contribution is 2.36. The van der Waals surface area contributed by atoms with Gasteiger partial charge in [-0.3, -0.25) is 10.2 Å². The number of carbonyl (C=O) groups excluding carboxylic acids is 2. The Balaban J connectivity index is 1.46. The second-order valence-electron chi connectivity index (χ2n) is 10.6. The number of aryl methyl sites for hydroxylation is 1. The number of nitrogens with zero attached hydrogens (tertiary/aromatic N) is 4. The first-order chi connectivity index (χ1) is 18.4. The number of guanidine groups is 1. The number of rotatable bonds is 4. The van der Waals surface area contributed by atoms with E-state index in [0.29, 0.717) is 29.9 Å². The van der Waals surface area contributed by atoms with E-state index in [0.717, 1.165) is 14.8 Å². The van der Waals surface area contributed by atoms with E-state index in [4.69, 9.17) is 10.1 Å². The third-order valence-electron chi connectivity index (χ3n) is 6.83. The molecule has 3 heterocycles. The van der Waals surface area contributed by atoms with Crippen LogP contribution in [0.3, 0.4) is 0 Å². The summed E-state index contributed by atoms with van der Waals surface area (Å²) in [5, 5.41) is 8.74. The van der Waals surface area contributed by atoms with Gasteiger partial charge < -0.3 is 14.2 Å². The van der Waals surface area contributed by atoms with Gasteiger partial charge in [0.2, 0.25) is 5.96 Å². The minimum atomic E-state index is -4.20. The summed E-state index contributed by atoms with van der Waals surface area (Å²) in [7, 11) is -2.40. The van der Waals surface area contributed by atoms with Crippen LogP contribution in [0, 0.1) is 5.41 Å². The number of fused-ring (bicyclic) bond motifs is 1. The number of ether oxygens (including phenoxy) is 1. The Labute approximate surface area is 227 Å². The van der Waals surface area contributed by atoms with Crippen LogP contribution in [0.4, 0.5) is 10.5 Å². The van der Waals surface area contributed by atoms with Gasteiger partial charge in [0, 0.05) is 25.5 Å². The van der Waals surface area contributed by atoms with Crippen LogP contribution in [-0.4, -0.2) is 58.8 Å². The van der Waals surface area contributed by atoms with Crippen LogP contribution in [0.2, 0.25) is 0 Å². The maximum Gasteiger partial charge on any atom is 0.417 e. The van der Waals surface area contributed by atoms with E-state index in [1.54, 1.807) is 92.0 Å². The van der Waals surface area contributed by atoms with Crippen molar-refractivity contribution in [3.63, 3.8) is 0 Å². The molecule has 2 aliphatic heterocycles. The van der Waals surface area contributed by atoms with Gasteiger partial charge in [0.05, 0.1) is 17.5 Å². The first kappa shape index (κ1) is 26.5. The summed E-state index contributed by atoms with van der Waals surface area (Å²) >= 11 is 0. The fraction of sp³-hybridized carbons (Fsp3) is 0.321. The molecule has 11 heteroatoms. The van der Waals surface area contributed by atoms with Crippen molar-refractivity contribution in [1.82, 2.24) is 13.8 Å². The Morgan fingerprint density at radius 2 is 1.74 bits per heavy atom. The fourth-order valence-electron chi connectivity index (χ4n) is 4.96. The van der Waals surface area contributed by atoms with Crippen LogP contribution in [0.25, 0.3) is 0 Å². The molecule has 3 aromatic rings. The Morgan fingerprint density at radius 3 is 2.38 bits per heavy atom. The summed E-state index contributed by atoms with van der Waals surface area (Å²) in [6.07, 6.45) is 1.51. The predicted octanol–water partition coefficient (Wildman–Crippen LogP) is 4.15. The number of carbonyl (C=O) groups is 2. The first-order valence-electron chi connectivity index (χ1n) is 12.6. The molecular formula is C28H31N5O5S. The average Bonchev–Trinajstić information content (AvgIpc) is 3.59. The van der Waals surface area contributed by atoms with Gasteiger partial charge in [-0.05, 0) is 68.7 Å². The zero-order valence-electron chi connectivity index (χ0n) is 22.3. The molecule has 0 spiro atoms. The van der Waals surface area contributed by atoms with Gasteiger partial charge in [0.1, 0.15) is 11.3 Å². The summed E-state index contributed by atoms with van der Waals surface area (Å²) in [6.45, 7) is 5.46. The number of amides is 2. The van der Waals surface area contributed by atoms with E-state index in [-0.39, 0.29) is 17.3 Å². The largest absolute Gasteiger partial charge is 0.443 e. The van der Waals surface area contributed by atoms with Crippen molar-refractivity contribution in [2.24, 2.45) is 7.05 Å². The van der Waals surface area contributed by atoms with Gasteiger partial charge in [0.15, 0.2) is 0 Å². The van der Waals surface area contributed by atoms with Crippen molar-refractivity contribution in [3.8, 4) is 0 Å². The normalized spacial score (nSPS) is 17.5. The second-order valence-corrected chi connectivity index (χ2v) is 12.5. The van der Waals surface area contributed by atoms with E-state index in [2.05, 4.69) is 0 Å². The molecule has 2 amide bonds. The SMILES string of the molecule is Cn1cccc1C(=O)N1CCc2cc(S(=O)(=O)N3C[C@H](c4ccccc4)N(C(=O)OC(C)(C)C)C3=N)ccc21. The highest BCUT2D eigenvalue weighted by Gasteiger charge is 2.47. The average molecular weight is 550 g/mol. The van der Waals surface area contributed by atoms with Gasteiger partial charge in [-0.1, -0.05) is 30.3 Å². The molecule has 1 fully saturated rings. The third kappa shape index (κ3) is 4.78. The first-order valence-corrected chi connectivity index (χ1v) is 14.1. The molecule has 5 rings (SSSR count). The molecule has 204 valence electrons. The van der Waals surface area contributed by atoms with Crippen LogP contribution in [0.15, 0.2) is 71.8 Å². The zero-order chi connectivity index (χ0) is 28.1. The lowest BCUT2D eigenvalue weighted by Crippen LogP contribution is -2.42. The number of anilines is 1. The molecule has 0 bridgehead atoms. The number of hydrogen-bond donors (Lipinski definition) is 1. The van der Waals surface area contributed by atoms with Crippen molar-refractivity contribution >= 4 is 33.7 Å². The van der Waals surface area contributed by atoms with Gasteiger partial charge in [0.25, 0.3) is 15.9 Å². The minimum absolute atomic E-state index is 0.00276. The smallest absolute Gasteiger partial charge is 0.417 e. The molecule has 1 atom stereocenters. The van der Waals surface area contributed by atoms with Gasteiger partial charge in [-0.25, -0.2) is 22.4 Å². The predicted molar refractivity (Wildman–Crippen MR) is 146 cm³/mol. The van der Waals surface area contributed by atoms with Gasteiger partial charge in [-0.2, -0.15) is 0 Å². The lowest BCUT2D eigenvalue weighted by molar-refractivity contribution is 0.0333. The van der Waals surface area contributed by atoms with Crippen LogP contribution in [0.1, 0.15) is 48.4 Å². The monoisotopic (exact) mass is 549 g/mol. The molecule has 1 aromatic heterocycles. The van der Waals surface area contributed by atoms with E-state index in [1.807, 2.05) is 6.07 Å². The number of hydrogen-bond acceptors (Lipinski definition) is 6. The van der Waals surface area contributed by atoms with E-state index >= 15 is 0 Å². The molecule has 0 radical (unpaired) electrons. The lowest BCUT2D eigenvalue weighted by atomic mass is 10.1. The molecule has 39 heavy (non-hydrogen) atoms. The fourth-order valence-corrected chi connectivity index (χ4v) is 6.40. The Hall–Kier alpha value is -4.12. The summed E-state index contributed by atoms with van der Waals surface area (Å²) in [5.41, 5.74) is 1.80. The Morgan fingerprint density at radius 1 is 1.03 bits per heavy atom. The number of sulfonamides is 1. The molecule has 1 N–H and O–H groups in total. The number of nitrogens with one attached hydrogen (secondary N) is 1. The van der Waals surface area contributed by atoms with E-state index in [1.165, 1.54) is 6.07 Å². The molecule has 0 aliphatic carbocycles. The van der Waals surface area contributed by atoms with Crippen LogP contribution in [0.5, 0.6) is 0 Å². The van der Waals surface area contributed by atoms with Crippen molar-refractivity contribution in [2.45, 2.75) is 43.7 Å². The highest BCUT2D eigenvalue weighted by atomic mass is 32.2. The number of aromatic nitrogens is 1. The quantitative estimate of drug-likeness (QED) is 0.525. The van der Waals surface area contributed by atoms with E-state index in [9.17, 15) is 18.0 Å². The lowest BCUT2D eigenvalue weighted by Gasteiger charge is -2.27. The molecule has 10 nitrogen and oxygen atoms in total. The van der Waals surface area contributed by atoms with Crippen molar-refractivity contribution in [3.05, 3.63) is 83.7 Å². The van der Waals surface area contributed by atoms with Gasteiger partial charge in [-0.15, -0.1) is 0 Å². The molecule has 0 saturated carbocycles. The maximum atomic E-state index is 13.8.